The van der Waals surface area contributed by atoms with E-state index in [0.717, 1.165) is 0 Å². The Morgan fingerprint density at radius 3 is 2.67 bits per heavy atom. The van der Waals surface area contributed by atoms with Crippen LogP contribution in [-0.2, 0) is 4.74 Å². The molecule has 9 nitrogen and oxygen atoms in total. The Morgan fingerprint density at radius 2 is 2.14 bits per heavy atom. The van der Waals surface area contributed by atoms with Gasteiger partial charge in [-0.2, -0.15) is 0 Å². The number of morpholine rings is 1. The molecule has 0 aliphatic carbocycles. The number of rotatable bonds is 3. The van der Waals surface area contributed by atoms with Gasteiger partial charge in [-0.15, -0.1) is 0 Å². The molecule has 9 heteroatoms. The Hall–Kier alpha value is -2.42. The summed E-state index contributed by atoms with van der Waals surface area (Å²) in [4.78, 5) is 16.5. The molecule has 1 saturated heterocycles. The van der Waals surface area contributed by atoms with E-state index in [1.165, 1.54) is 6.07 Å². The first-order valence-corrected chi connectivity index (χ1v) is 6.46. The zero-order valence-electron chi connectivity index (χ0n) is 11.8. The van der Waals surface area contributed by atoms with Crippen LogP contribution in [0.1, 0.15) is 19.5 Å². The summed E-state index contributed by atoms with van der Waals surface area (Å²) in [7, 11) is 0. The summed E-state index contributed by atoms with van der Waals surface area (Å²) in [5, 5.41) is 22.5. The highest BCUT2D eigenvalue weighted by Crippen LogP contribution is 2.23. The van der Waals surface area contributed by atoms with E-state index < -0.39 is 10.8 Å². The summed E-state index contributed by atoms with van der Waals surface area (Å²) in [6.07, 6.45) is 0.0519. The number of anilines is 1. The molecular weight excluding hydrogens is 278 g/mol. The van der Waals surface area contributed by atoms with Crippen LogP contribution in [0.5, 0.6) is 0 Å². The largest absolute Gasteiger partial charge is 0.409 e. The van der Waals surface area contributed by atoms with E-state index in [-0.39, 0.29) is 23.6 Å². The third-order valence-corrected chi connectivity index (χ3v) is 3.15. The lowest BCUT2D eigenvalue weighted by molar-refractivity contribution is -0.385. The van der Waals surface area contributed by atoms with Gasteiger partial charge in [0.15, 0.2) is 11.5 Å². The second-order valence-corrected chi connectivity index (χ2v) is 4.94. The van der Waals surface area contributed by atoms with Crippen molar-refractivity contribution in [2.75, 3.05) is 18.0 Å². The van der Waals surface area contributed by atoms with Crippen molar-refractivity contribution in [3.05, 3.63) is 27.9 Å². The lowest BCUT2D eigenvalue weighted by Gasteiger charge is -2.36. The summed E-state index contributed by atoms with van der Waals surface area (Å²) < 4.78 is 5.63. The molecule has 0 aromatic carbocycles. The number of ether oxygens (including phenoxy) is 1. The number of pyridine rings is 1. The van der Waals surface area contributed by atoms with Gasteiger partial charge < -0.3 is 20.6 Å². The van der Waals surface area contributed by atoms with E-state index in [0.29, 0.717) is 18.9 Å². The Morgan fingerprint density at radius 1 is 1.52 bits per heavy atom. The normalized spacial score (nSPS) is 23.1. The van der Waals surface area contributed by atoms with Gasteiger partial charge in [0.1, 0.15) is 5.82 Å². The minimum absolute atomic E-state index is 0.0260. The van der Waals surface area contributed by atoms with Crippen molar-refractivity contribution in [2.24, 2.45) is 10.9 Å². The molecule has 0 unspecified atom stereocenters. The van der Waals surface area contributed by atoms with Crippen molar-refractivity contribution < 1.29 is 14.9 Å². The molecule has 0 saturated carbocycles. The molecule has 114 valence electrons. The molecule has 0 amide bonds. The van der Waals surface area contributed by atoms with E-state index in [1.807, 2.05) is 18.7 Å². The molecule has 1 fully saturated rings. The first kappa shape index (κ1) is 15.0. The van der Waals surface area contributed by atoms with Gasteiger partial charge in [-0.3, -0.25) is 10.1 Å². The monoisotopic (exact) mass is 295 g/mol. The van der Waals surface area contributed by atoms with Gasteiger partial charge in [0.05, 0.1) is 17.1 Å². The highest BCUT2D eigenvalue weighted by atomic mass is 16.6. The summed E-state index contributed by atoms with van der Waals surface area (Å²) in [6.45, 7) is 5.12. The van der Waals surface area contributed by atoms with E-state index >= 15 is 0 Å². The topological polar surface area (TPSA) is 127 Å². The smallest absolute Gasteiger partial charge is 0.298 e. The third kappa shape index (κ3) is 3.19. The highest BCUT2D eigenvalue weighted by Gasteiger charge is 2.26. The highest BCUT2D eigenvalue weighted by molar-refractivity contribution is 5.99. The van der Waals surface area contributed by atoms with Gasteiger partial charge in [-0.25, -0.2) is 4.98 Å². The number of oxime groups is 1. The van der Waals surface area contributed by atoms with Crippen LogP contribution in [0.4, 0.5) is 11.5 Å². The van der Waals surface area contributed by atoms with Crippen LogP contribution >= 0.6 is 0 Å². The van der Waals surface area contributed by atoms with Crippen LogP contribution < -0.4 is 10.6 Å². The Kier molecular flexibility index (Phi) is 4.22. The third-order valence-electron chi connectivity index (χ3n) is 3.15. The first-order chi connectivity index (χ1) is 9.92. The zero-order valence-corrected chi connectivity index (χ0v) is 11.8. The first-order valence-electron chi connectivity index (χ1n) is 6.46. The van der Waals surface area contributed by atoms with Gasteiger partial charge in [-0.1, -0.05) is 5.16 Å². The fourth-order valence-electron chi connectivity index (χ4n) is 2.37. The maximum Gasteiger partial charge on any atom is 0.298 e. The molecule has 0 radical (unpaired) electrons. The molecule has 2 heterocycles. The van der Waals surface area contributed by atoms with E-state index in [9.17, 15) is 10.1 Å². The molecule has 1 aliphatic rings. The molecule has 3 N–H and O–H groups in total. The Balaban J connectivity index is 2.39. The van der Waals surface area contributed by atoms with Gasteiger partial charge in [-0.05, 0) is 19.9 Å². The predicted octanol–water partition coefficient (Wildman–Crippen LogP) is 0.698. The number of nitro groups is 1. The maximum absolute atomic E-state index is 11.0. The van der Waals surface area contributed by atoms with Crippen molar-refractivity contribution >= 4 is 17.3 Å². The van der Waals surface area contributed by atoms with Crippen LogP contribution in [0.25, 0.3) is 0 Å². The number of amidine groups is 1. The van der Waals surface area contributed by atoms with Crippen molar-refractivity contribution in [1.82, 2.24) is 4.98 Å². The minimum atomic E-state index is -0.616. The number of hydrogen-bond acceptors (Lipinski definition) is 7. The van der Waals surface area contributed by atoms with Gasteiger partial charge in [0.2, 0.25) is 0 Å². The molecule has 2 rings (SSSR count). The molecule has 1 aliphatic heterocycles. The fraction of sp³-hybridized carbons (Fsp3) is 0.500. The van der Waals surface area contributed by atoms with Crippen LogP contribution in [0.3, 0.4) is 0 Å². The Bertz CT molecular complexity index is 567. The molecule has 1 aromatic rings. The average Bonchev–Trinajstić information content (AvgIpc) is 2.44. The van der Waals surface area contributed by atoms with E-state index in [1.54, 1.807) is 6.07 Å². The molecule has 0 bridgehead atoms. The predicted molar refractivity (Wildman–Crippen MR) is 75.6 cm³/mol. The van der Waals surface area contributed by atoms with E-state index in [2.05, 4.69) is 10.1 Å². The van der Waals surface area contributed by atoms with Crippen molar-refractivity contribution in [2.45, 2.75) is 26.1 Å². The quantitative estimate of drug-likeness (QED) is 0.276. The number of hydrogen-bond donors (Lipinski definition) is 2. The molecule has 2 atom stereocenters. The van der Waals surface area contributed by atoms with Crippen LogP contribution in [0, 0.1) is 10.1 Å². The molecule has 0 spiro atoms. The second-order valence-electron chi connectivity index (χ2n) is 4.94. The van der Waals surface area contributed by atoms with Gasteiger partial charge in [0.25, 0.3) is 5.69 Å². The summed E-state index contributed by atoms with van der Waals surface area (Å²) in [5.74, 6) is 0.141. The summed E-state index contributed by atoms with van der Waals surface area (Å²) in [5.41, 5.74) is 5.03. The lowest BCUT2D eigenvalue weighted by atomic mass is 10.2. The molecule has 1 aromatic heterocycles. The molecule has 21 heavy (non-hydrogen) atoms. The lowest BCUT2D eigenvalue weighted by Crippen LogP contribution is -2.46. The minimum Gasteiger partial charge on any atom is -0.409 e. The fourth-order valence-corrected chi connectivity index (χ4v) is 2.37. The number of nitrogens with two attached hydrogens (primary N) is 1. The van der Waals surface area contributed by atoms with Crippen molar-refractivity contribution in [3.63, 3.8) is 0 Å². The second kappa shape index (κ2) is 5.92. The van der Waals surface area contributed by atoms with Gasteiger partial charge >= 0.3 is 0 Å². The van der Waals surface area contributed by atoms with Crippen molar-refractivity contribution in [3.8, 4) is 0 Å². The summed E-state index contributed by atoms with van der Waals surface area (Å²) in [6, 6.07) is 2.86. The SMILES string of the molecule is C[C@@H]1CN(c2ccc([N+](=O)[O-])c(/C(N)=N/O)n2)C[C@H](C)O1. The number of nitrogens with zero attached hydrogens (tertiary/aromatic N) is 4. The van der Waals surface area contributed by atoms with Crippen LogP contribution in [0.15, 0.2) is 17.3 Å². The van der Waals surface area contributed by atoms with Crippen LogP contribution in [0.2, 0.25) is 0 Å². The zero-order chi connectivity index (χ0) is 15.6. The van der Waals surface area contributed by atoms with Crippen molar-refractivity contribution in [1.29, 1.82) is 0 Å². The number of aromatic nitrogens is 1. The van der Waals surface area contributed by atoms with E-state index in [4.69, 9.17) is 15.7 Å². The van der Waals surface area contributed by atoms with Gasteiger partial charge in [0, 0.05) is 19.2 Å². The standard InChI is InChI=1S/C12H17N5O4/c1-7-5-16(6-8(2)21-7)10-4-3-9(17(19)20)11(14-10)12(13)15-18/h3-4,7-8,18H,5-6H2,1-2H3,(H2,13,15)/t7-,8+. The average molecular weight is 295 g/mol. The van der Waals surface area contributed by atoms with Crippen LogP contribution in [-0.4, -0.2) is 46.2 Å². The maximum atomic E-state index is 11.0. The molecular formula is C12H17N5O4. The summed E-state index contributed by atoms with van der Waals surface area (Å²) >= 11 is 0. The Labute approximate surface area is 121 Å².